The van der Waals surface area contributed by atoms with Gasteiger partial charge in [0.15, 0.2) is 11.5 Å². The molecule has 0 spiro atoms. The Labute approximate surface area is 154 Å². The summed E-state index contributed by atoms with van der Waals surface area (Å²) in [5.41, 5.74) is 0.389. The van der Waals surface area contributed by atoms with E-state index in [-0.39, 0.29) is 28.5 Å². The second-order valence-corrected chi connectivity index (χ2v) is 5.63. The molecule has 8 nitrogen and oxygen atoms in total. The molecule has 0 bridgehead atoms. The summed E-state index contributed by atoms with van der Waals surface area (Å²) in [7, 11) is 0. The SMILES string of the molecule is CCOc1cc(/C=C2\C(=O)NC(=O)N(c3ccc(O)cc3)C2=O)ccc1O. The van der Waals surface area contributed by atoms with E-state index < -0.39 is 17.8 Å². The molecule has 27 heavy (non-hydrogen) atoms. The number of amides is 4. The van der Waals surface area contributed by atoms with Crippen molar-refractivity contribution in [3.05, 3.63) is 53.6 Å². The Morgan fingerprint density at radius 1 is 1.07 bits per heavy atom. The molecule has 0 saturated carbocycles. The van der Waals surface area contributed by atoms with Gasteiger partial charge in [-0.25, -0.2) is 9.69 Å². The average Bonchev–Trinajstić information content (AvgIpc) is 2.63. The number of benzene rings is 2. The number of urea groups is 1. The number of barbiturate groups is 1. The number of phenols is 2. The van der Waals surface area contributed by atoms with Crippen LogP contribution in [-0.4, -0.2) is 34.7 Å². The minimum atomic E-state index is -0.881. The monoisotopic (exact) mass is 368 g/mol. The molecule has 0 unspecified atom stereocenters. The van der Waals surface area contributed by atoms with Crippen LogP contribution in [0, 0.1) is 0 Å². The van der Waals surface area contributed by atoms with Gasteiger partial charge in [0.1, 0.15) is 11.3 Å². The summed E-state index contributed by atoms with van der Waals surface area (Å²) in [6.45, 7) is 2.08. The van der Waals surface area contributed by atoms with Crippen molar-refractivity contribution in [3.63, 3.8) is 0 Å². The van der Waals surface area contributed by atoms with Gasteiger partial charge in [-0.1, -0.05) is 6.07 Å². The second kappa shape index (κ2) is 7.20. The fourth-order valence-electron chi connectivity index (χ4n) is 2.55. The van der Waals surface area contributed by atoms with Crippen LogP contribution in [0.5, 0.6) is 17.2 Å². The predicted molar refractivity (Wildman–Crippen MR) is 96.4 cm³/mol. The van der Waals surface area contributed by atoms with E-state index in [2.05, 4.69) is 5.32 Å². The maximum Gasteiger partial charge on any atom is 0.335 e. The summed E-state index contributed by atoms with van der Waals surface area (Å²) in [5, 5.41) is 21.2. The zero-order valence-electron chi connectivity index (χ0n) is 14.3. The van der Waals surface area contributed by atoms with Crippen LogP contribution in [-0.2, 0) is 9.59 Å². The van der Waals surface area contributed by atoms with Gasteiger partial charge in [0.2, 0.25) is 0 Å². The fourth-order valence-corrected chi connectivity index (χ4v) is 2.55. The number of imide groups is 2. The van der Waals surface area contributed by atoms with Gasteiger partial charge in [-0.3, -0.25) is 14.9 Å². The number of anilines is 1. The van der Waals surface area contributed by atoms with Crippen molar-refractivity contribution in [2.75, 3.05) is 11.5 Å². The number of rotatable bonds is 4. The number of ether oxygens (including phenoxy) is 1. The maximum absolute atomic E-state index is 12.7. The van der Waals surface area contributed by atoms with Gasteiger partial charge in [-0.05, 0) is 55.0 Å². The Hall–Kier alpha value is -3.81. The molecule has 0 atom stereocenters. The van der Waals surface area contributed by atoms with E-state index >= 15 is 0 Å². The number of carbonyl (C=O) groups is 3. The molecule has 1 fully saturated rings. The van der Waals surface area contributed by atoms with Gasteiger partial charge in [0.25, 0.3) is 11.8 Å². The lowest BCUT2D eigenvalue weighted by Crippen LogP contribution is -2.54. The molecular weight excluding hydrogens is 352 g/mol. The van der Waals surface area contributed by atoms with E-state index in [0.717, 1.165) is 4.90 Å². The number of phenolic OH excluding ortho intramolecular Hbond substituents is 2. The third-order valence-electron chi connectivity index (χ3n) is 3.80. The molecule has 0 aromatic heterocycles. The third-order valence-corrected chi connectivity index (χ3v) is 3.80. The molecule has 4 amide bonds. The smallest absolute Gasteiger partial charge is 0.335 e. The van der Waals surface area contributed by atoms with E-state index in [1.807, 2.05) is 0 Å². The first-order valence-electron chi connectivity index (χ1n) is 8.07. The van der Waals surface area contributed by atoms with Crippen molar-refractivity contribution < 1.29 is 29.3 Å². The molecule has 1 aliphatic rings. The van der Waals surface area contributed by atoms with Crippen molar-refractivity contribution >= 4 is 29.6 Å². The first-order chi connectivity index (χ1) is 12.9. The highest BCUT2D eigenvalue weighted by Crippen LogP contribution is 2.29. The Morgan fingerprint density at radius 2 is 1.78 bits per heavy atom. The van der Waals surface area contributed by atoms with E-state index in [9.17, 15) is 24.6 Å². The Kier molecular flexibility index (Phi) is 4.80. The molecule has 1 saturated heterocycles. The predicted octanol–water partition coefficient (Wildman–Crippen LogP) is 2.16. The molecule has 1 aliphatic heterocycles. The number of carbonyl (C=O) groups excluding carboxylic acids is 3. The molecule has 0 aliphatic carbocycles. The second-order valence-electron chi connectivity index (χ2n) is 5.63. The quantitative estimate of drug-likeness (QED) is 0.563. The minimum absolute atomic E-state index is 0.0250. The van der Waals surface area contributed by atoms with Crippen LogP contribution >= 0.6 is 0 Å². The van der Waals surface area contributed by atoms with Crippen molar-refractivity contribution in [2.45, 2.75) is 6.92 Å². The van der Waals surface area contributed by atoms with Crippen molar-refractivity contribution in [1.82, 2.24) is 5.32 Å². The Morgan fingerprint density at radius 3 is 2.44 bits per heavy atom. The van der Waals surface area contributed by atoms with Crippen molar-refractivity contribution in [2.24, 2.45) is 0 Å². The summed E-state index contributed by atoms with van der Waals surface area (Å²) in [6, 6.07) is 8.90. The van der Waals surface area contributed by atoms with Crippen LogP contribution in [0.4, 0.5) is 10.5 Å². The van der Waals surface area contributed by atoms with Crippen molar-refractivity contribution in [1.29, 1.82) is 0 Å². The number of hydrogen-bond donors (Lipinski definition) is 3. The van der Waals surface area contributed by atoms with Crippen LogP contribution in [0.1, 0.15) is 12.5 Å². The van der Waals surface area contributed by atoms with Crippen LogP contribution in [0.3, 0.4) is 0 Å². The van der Waals surface area contributed by atoms with Crippen LogP contribution in [0.15, 0.2) is 48.0 Å². The minimum Gasteiger partial charge on any atom is -0.508 e. The molecule has 8 heteroatoms. The Balaban J connectivity index is 1.99. The highest BCUT2D eigenvalue weighted by Gasteiger charge is 2.36. The topological polar surface area (TPSA) is 116 Å². The van der Waals surface area contributed by atoms with E-state index in [1.165, 1.54) is 48.5 Å². The zero-order valence-corrected chi connectivity index (χ0v) is 14.3. The lowest BCUT2D eigenvalue weighted by atomic mass is 10.1. The molecule has 0 radical (unpaired) electrons. The molecule has 1 heterocycles. The van der Waals surface area contributed by atoms with Gasteiger partial charge < -0.3 is 14.9 Å². The third kappa shape index (κ3) is 3.59. The molecule has 2 aromatic rings. The van der Waals surface area contributed by atoms with Crippen LogP contribution in [0.2, 0.25) is 0 Å². The van der Waals surface area contributed by atoms with Gasteiger partial charge in [0, 0.05) is 0 Å². The summed E-state index contributed by atoms with van der Waals surface area (Å²) in [6.07, 6.45) is 1.31. The summed E-state index contributed by atoms with van der Waals surface area (Å²) >= 11 is 0. The molecule has 3 rings (SSSR count). The molecule has 3 N–H and O–H groups in total. The van der Waals surface area contributed by atoms with E-state index in [1.54, 1.807) is 6.92 Å². The van der Waals surface area contributed by atoms with Crippen LogP contribution < -0.4 is 15.0 Å². The van der Waals surface area contributed by atoms with Crippen molar-refractivity contribution in [3.8, 4) is 17.2 Å². The Bertz CT molecular complexity index is 949. The first-order valence-corrected chi connectivity index (χ1v) is 8.07. The normalized spacial score (nSPS) is 15.8. The lowest BCUT2D eigenvalue weighted by Gasteiger charge is -2.26. The summed E-state index contributed by atoms with van der Waals surface area (Å²) in [4.78, 5) is 37.8. The van der Waals surface area contributed by atoms with Gasteiger partial charge in [-0.2, -0.15) is 0 Å². The first kappa shape index (κ1) is 18.0. The number of nitrogens with one attached hydrogen (secondary N) is 1. The zero-order chi connectivity index (χ0) is 19.6. The number of nitrogens with zero attached hydrogens (tertiary/aromatic N) is 1. The largest absolute Gasteiger partial charge is 0.508 e. The lowest BCUT2D eigenvalue weighted by molar-refractivity contribution is -0.122. The summed E-state index contributed by atoms with van der Waals surface area (Å²) < 4.78 is 5.29. The van der Waals surface area contributed by atoms with Gasteiger partial charge in [0.05, 0.1) is 12.3 Å². The fraction of sp³-hybridized carbons (Fsp3) is 0.105. The van der Waals surface area contributed by atoms with E-state index in [4.69, 9.17) is 4.74 Å². The van der Waals surface area contributed by atoms with Crippen LogP contribution in [0.25, 0.3) is 6.08 Å². The summed E-state index contributed by atoms with van der Waals surface area (Å²) in [5.74, 6) is -1.52. The average molecular weight is 368 g/mol. The number of hydrogen-bond acceptors (Lipinski definition) is 6. The highest BCUT2D eigenvalue weighted by molar-refractivity contribution is 6.39. The highest BCUT2D eigenvalue weighted by atomic mass is 16.5. The number of aromatic hydroxyl groups is 2. The van der Waals surface area contributed by atoms with Gasteiger partial charge in [-0.15, -0.1) is 0 Å². The molecule has 2 aromatic carbocycles. The molecular formula is C19H16N2O6. The molecule has 138 valence electrons. The maximum atomic E-state index is 12.7. The standard InChI is InChI=1S/C19H16N2O6/c1-2-27-16-10-11(3-8-15(16)23)9-14-17(24)20-19(26)21(18(14)25)12-4-6-13(22)7-5-12/h3-10,22-23H,2H2,1H3,(H,20,24,26)/b14-9+. The van der Waals surface area contributed by atoms with Gasteiger partial charge >= 0.3 is 6.03 Å². The van der Waals surface area contributed by atoms with E-state index in [0.29, 0.717) is 12.2 Å².